The molecule has 18 heavy (non-hydrogen) atoms. The van der Waals surface area contributed by atoms with Crippen LogP contribution in [-0.2, 0) is 4.84 Å². The van der Waals surface area contributed by atoms with Crippen LogP contribution < -0.4 is 15.7 Å². The lowest BCUT2D eigenvalue weighted by Crippen LogP contribution is -2.20. The zero-order chi connectivity index (χ0) is 13.4. The second kappa shape index (κ2) is 7.29. The average molecular weight is 252 g/mol. The van der Waals surface area contributed by atoms with Crippen molar-refractivity contribution in [1.82, 2.24) is 15.0 Å². The Hall–Kier alpha value is -2.07. The van der Waals surface area contributed by atoms with Gasteiger partial charge in [0, 0.05) is 13.6 Å². The van der Waals surface area contributed by atoms with E-state index in [0.29, 0.717) is 24.4 Å². The van der Waals surface area contributed by atoms with E-state index in [-0.39, 0.29) is 2.85 Å². The maximum Gasteiger partial charge on any atom is 1.00 e. The van der Waals surface area contributed by atoms with Crippen molar-refractivity contribution in [3.05, 3.63) is 0 Å². The van der Waals surface area contributed by atoms with Gasteiger partial charge in [0.2, 0.25) is 11.9 Å². The van der Waals surface area contributed by atoms with Crippen LogP contribution >= 0.6 is 0 Å². The van der Waals surface area contributed by atoms with Crippen LogP contribution in [0.3, 0.4) is 0 Å². The van der Waals surface area contributed by atoms with Gasteiger partial charge in [-0.05, 0) is 6.42 Å². The summed E-state index contributed by atoms with van der Waals surface area (Å²) in [6.45, 7) is 3.20. The smallest absolute Gasteiger partial charge is 0.354 e. The highest BCUT2D eigenvalue weighted by Gasteiger charge is 2.09. The lowest BCUT2D eigenvalue weighted by molar-refractivity contribution is 0.180. The summed E-state index contributed by atoms with van der Waals surface area (Å²) in [7, 11) is 3.25. The summed E-state index contributed by atoms with van der Waals surface area (Å²) in [5.74, 6) is 3.78. The largest absolute Gasteiger partial charge is 1.00 e. The summed E-state index contributed by atoms with van der Waals surface area (Å²) < 4.78 is 0. The molecular formula is C11H20N6O+2. The fraction of sp³-hybridized carbons (Fsp3) is 0.545. The molecule has 1 heterocycles. The van der Waals surface area contributed by atoms with Gasteiger partial charge < -0.3 is 10.6 Å². The van der Waals surface area contributed by atoms with E-state index in [2.05, 4.69) is 38.4 Å². The van der Waals surface area contributed by atoms with Crippen LogP contribution in [0.5, 0.6) is 0 Å². The summed E-state index contributed by atoms with van der Waals surface area (Å²) in [6.07, 6.45) is 6.16. The van der Waals surface area contributed by atoms with Crippen molar-refractivity contribution in [2.24, 2.45) is 0 Å². The van der Waals surface area contributed by atoms with Crippen LogP contribution in [0.4, 0.5) is 17.8 Å². The first-order chi connectivity index (χ1) is 8.71. The van der Waals surface area contributed by atoms with Crippen LogP contribution in [-0.4, -0.2) is 42.2 Å². The topological polar surface area (TPSA) is 75.2 Å². The first-order valence-electron chi connectivity index (χ1n) is 5.66. The monoisotopic (exact) mass is 252 g/mol. The van der Waals surface area contributed by atoms with Crippen molar-refractivity contribution in [3.8, 4) is 12.3 Å². The highest BCUT2D eigenvalue weighted by molar-refractivity contribution is 5.42. The Morgan fingerprint density at radius 2 is 2.00 bits per heavy atom. The van der Waals surface area contributed by atoms with Crippen molar-refractivity contribution in [2.45, 2.75) is 13.3 Å². The normalized spacial score (nSPS) is 9.67. The number of hydrogen-bond donors (Lipinski definition) is 2. The first-order valence-corrected chi connectivity index (χ1v) is 5.66. The molecule has 0 radical (unpaired) electrons. The summed E-state index contributed by atoms with van der Waals surface area (Å²) in [4.78, 5) is 17.7. The Morgan fingerprint density at radius 1 is 1.33 bits per heavy atom. The predicted molar refractivity (Wildman–Crippen MR) is 73.6 cm³/mol. The molecule has 0 fully saturated rings. The predicted octanol–water partition coefficient (Wildman–Crippen LogP) is 0.961. The first kappa shape index (κ1) is 14.0. The molecule has 2 N–H and O–H groups in total. The number of rotatable bonds is 7. The minimum atomic E-state index is 0. The molecule has 0 saturated carbocycles. The fourth-order valence-corrected chi connectivity index (χ4v) is 1.11. The third-order valence-corrected chi connectivity index (χ3v) is 2.06. The second-order valence-electron chi connectivity index (χ2n) is 3.45. The molecule has 1 aromatic rings. The van der Waals surface area contributed by atoms with Gasteiger partial charge in [-0.3, -0.25) is 4.84 Å². The summed E-state index contributed by atoms with van der Waals surface area (Å²) >= 11 is 0. The molecule has 1 aromatic heterocycles. The van der Waals surface area contributed by atoms with Crippen molar-refractivity contribution in [3.63, 3.8) is 0 Å². The molecule has 0 atom stereocenters. The number of hydroxylamine groups is 1. The average Bonchev–Trinajstić information content (AvgIpc) is 2.41. The van der Waals surface area contributed by atoms with Crippen LogP contribution in [0.2, 0.25) is 0 Å². The maximum atomic E-state index is 5.18. The van der Waals surface area contributed by atoms with Crippen molar-refractivity contribution >= 4 is 17.8 Å². The van der Waals surface area contributed by atoms with Gasteiger partial charge in [-0.15, -0.1) is 6.42 Å². The molecule has 0 unspecified atom stereocenters. The van der Waals surface area contributed by atoms with Crippen LogP contribution in [0, 0.1) is 12.3 Å². The van der Waals surface area contributed by atoms with Gasteiger partial charge in [-0.2, -0.15) is 15.0 Å². The highest BCUT2D eigenvalue weighted by Crippen LogP contribution is 2.12. The quantitative estimate of drug-likeness (QED) is 0.553. The molecule has 98 valence electrons. The molecule has 0 aromatic carbocycles. The highest BCUT2D eigenvalue weighted by atomic mass is 16.7. The second-order valence-corrected chi connectivity index (χ2v) is 3.45. The number of terminal acetylenes is 1. The Balaban J connectivity index is 0. The lowest BCUT2D eigenvalue weighted by Gasteiger charge is -2.15. The SMILES string of the molecule is C#CCNc1nc(NCCC)nc(N(C)OC)n1.[H+].[H+]. The molecule has 1 rings (SSSR count). The maximum absolute atomic E-state index is 5.18. The van der Waals surface area contributed by atoms with E-state index in [1.807, 2.05) is 0 Å². The molecule has 0 amide bonds. The number of hydrogen-bond acceptors (Lipinski definition) is 7. The third-order valence-electron chi connectivity index (χ3n) is 2.06. The lowest BCUT2D eigenvalue weighted by atomic mass is 10.5. The van der Waals surface area contributed by atoms with Gasteiger partial charge in [-0.1, -0.05) is 12.8 Å². The zero-order valence-electron chi connectivity index (χ0n) is 12.9. The number of nitrogens with zero attached hydrogens (tertiary/aromatic N) is 4. The van der Waals surface area contributed by atoms with Gasteiger partial charge in [0.05, 0.1) is 13.7 Å². The van der Waals surface area contributed by atoms with E-state index < -0.39 is 0 Å². The van der Waals surface area contributed by atoms with Crippen LogP contribution in [0.1, 0.15) is 16.2 Å². The fourth-order valence-electron chi connectivity index (χ4n) is 1.11. The van der Waals surface area contributed by atoms with Crippen LogP contribution in [0.15, 0.2) is 0 Å². The minimum Gasteiger partial charge on any atom is -0.354 e. The summed E-state index contributed by atoms with van der Waals surface area (Å²) in [5.41, 5.74) is 0. The molecule has 0 bridgehead atoms. The Labute approximate surface area is 110 Å². The molecule has 7 nitrogen and oxygen atoms in total. The van der Waals surface area contributed by atoms with Crippen molar-refractivity contribution in [1.29, 1.82) is 0 Å². The third kappa shape index (κ3) is 4.07. The Morgan fingerprint density at radius 3 is 2.56 bits per heavy atom. The number of anilines is 3. The molecule has 0 aliphatic carbocycles. The van der Waals surface area contributed by atoms with E-state index >= 15 is 0 Å². The Bertz CT molecular complexity index is 426. The van der Waals surface area contributed by atoms with Gasteiger partial charge in [0.25, 0.3) is 5.95 Å². The molecule has 0 aliphatic heterocycles. The van der Waals surface area contributed by atoms with Gasteiger partial charge in [0.15, 0.2) is 0 Å². The minimum absolute atomic E-state index is 0. The van der Waals surface area contributed by atoms with E-state index in [1.165, 1.54) is 12.2 Å². The van der Waals surface area contributed by atoms with Crippen molar-refractivity contribution in [2.75, 3.05) is 42.9 Å². The molecule has 7 heteroatoms. The van der Waals surface area contributed by atoms with Gasteiger partial charge in [-0.25, -0.2) is 5.06 Å². The van der Waals surface area contributed by atoms with Gasteiger partial charge in [0.1, 0.15) is 0 Å². The molecule has 0 saturated heterocycles. The van der Waals surface area contributed by atoms with E-state index in [9.17, 15) is 0 Å². The zero-order valence-corrected chi connectivity index (χ0v) is 10.9. The van der Waals surface area contributed by atoms with Gasteiger partial charge >= 0.3 is 2.85 Å². The van der Waals surface area contributed by atoms with Crippen LogP contribution in [0.25, 0.3) is 0 Å². The number of nitrogens with one attached hydrogen (secondary N) is 2. The van der Waals surface area contributed by atoms with E-state index in [0.717, 1.165) is 13.0 Å². The van der Waals surface area contributed by atoms with E-state index in [1.54, 1.807) is 7.05 Å². The summed E-state index contributed by atoms with van der Waals surface area (Å²) in [6, 6.07) is 0. The summed E-state index contributed by atoms with van der Waals surface area (Å²) in [5, 5.41) is 7.45. The van der Waals surface area contributed by atoms with E-state index in [4.69, 9.17) is 11.3 Å². The number of aromatic nitrogens is 3. The standard InChI is InChI=1S/C11H18N6O/c1-5-7-12-9-14-10(13-8-6-2)16-11(15-9)17(3)18-4/h1H,6-8H2,2-4H3,(H2,12,13,14,15,16)/p+2. The Kier molecular flexibility index (Phi) is 5.67. The molecule has 0 aliphatic rings. The van der Waals surface area contributed by atoms with Crippen molar-refractivity contribution < 1.29 is 7.69 Å². The molecular weight excluding hydrogens is 232 g/mol. The molecule has 0 spiro atoms.